The molecule has 0 unspecified atom stereocenters. The molecule has 0 aliphatic carbocycles. The first-order valence-corrected chi connectivity index (χ1v) is 10.2. The number of hydrogen-bond acceptors (Lipinski definition) is 7. The highest BCUT2D eigenvalue weighted by Crippen LogP contribution is 2.35. The minimum atomic E-state index is -0.238. The molecular weight excluding hydrogens is 402 g/mol. The van der Waals surface area contributed by atoms with Gasteiger partial charge in [-0.05, 0) is 29.3 Å². The molecule has 0 atom stereocenters. The van der Waals surface area contributed by atoms with Crippen LogP contribution in [0, 0.1) is 0 Å². The maximum Gasteiger partial charge on any atom is 0.258 e. The lowest BCUT2D eigenvalue weighted by atomic mass is 10.2. The van der Waals surface area contributed by atoms with Crippen LogP contribution in [0.5, 0.6) is 17.4 Å². The Morgan fingerprint density at radius 3 is 2.83 bits per heavy atom. The van der Waals surface area contributed by atoms with Gasteiger partial charge in [0.25, 0.3) is 5.91 Å². The van der Waals surface area contributed by atoms with Gasteiger partial charge in [0, 0.05) is 11.4 Å². The Morgan fingerprint density at radius 1 is 1.07 bits per heavy atom. The molecule has 2 aromatic heterocycles. The number of rotatable bonds is 6. The van der Waals surface area contributed by atoms with E-state index in [0.29, 0.717) is 23.9 Å². The standard InChI is InChI=1S/C22H17N3O4S/c26-20(23-10-14-6-7-17-18(8-14)29-13-28-17)11-27-21-16-9-19(15-4-2-1-3-5-15)30-22(16)25-12-24-21/h1-9,12H,10-11,13H2,(H,23,26). The van der Waals surface area contributed by atoms with E-state index in [2.05, 4.69) is 15.3 Å². The summed E-state index contributed by atoms with van der Waals surface area (Å²) < 4.78 is 16.3. The van der Waals surface area contributed by atoms with E-state index in [1.54, 1.807) is 11.3 Å². The number of hydrogen-bond donors (Lipinski definition) is 1. The molecule has 0 fully saturated rings. The van der Waals surface area contributed by atoms with Crippen LogP contribution in [0.15, 0.2) is 60.9 Å². The van der Waals surface area contributed by atoms with Crippen LogP contribution in [0.2, 0.25) is 0 Å². The van der Waals surface area contributed by atoms with Crippen molar-refractivity contribution in [2.75, 3.05) is 13.4 Å². The minimum absolute atomic E-state index is 0.132. The molecule has 5 rings (SSSR count). The fourth-order valence-electron chi connectivity index (χ4n) is 3.13. The average Bonchev–Trinajstić information content (AvgIpc) is 3.43. The monoisotopic (exact) mass is 419 g/mol. The number of thiophene rings is 1. The van der Waals surface area contributed by atoms with Crippen LogP contribution in [0.4, 0.5) is 0 Å². The Balaban J connectivity index is 1.23. The number of nitrogens with one attached hydrogen (secondary N) is 1. The number of carbonyl (C=O) groups excluding carboxylic acids is 1. The summed E-state index contributed by atoms with van der Waals surface area (Å²) in [4.78, 5) is 22.7. The molecule has 2 aromatic carbocycles. The van der Waals surface area contributed by atoms with Gasteiger partial charge in [-0.3, -0.25) is 4.79 Å². The predicted molar refractivity (Wildman–Crippen MR) is 113 cm³/mol. The number of amides is 1. The molecule has 8 heteroatoms. The maximum absolute atomic E-state index is 12.3. The summed E-state index contributed by atoms with van der Waals surface area (Å²) in [6.45, 7) is 0.461. The number of nitrogens with zero attached hydrogens (tertiary/aromatic N) is 2. The van der Waals surface area contributed by atoms with Crippen molar-refractivity contribution in [3.63, 3.8) is 0 Å². The summed E-state index contributed by atoms with van der Waals surface area (Å²) in [6.07, 6.45) is 1.45. The Hall–Kier alpha value is -3.65. The molecular formula is C22H17N3O4S. The van der Waals surface area contributed by atoms with E-state index in [1.165, 1.54) is 6.33 Å². The van der Waals surface area contributed by atoms with E-state index < -0.39 is 0 Å². The molecule has 3 heterocycles. The second-order valence-electron chi connectivity index (χ2n) is 6.63. The summed E-state index contributed by atoms with van der Waals surface area (Å²) in [5.41, 5.74) is 2.02. The Bertz CT molecular complexity index is 1210. The van der Waals surface area contributed by atoms with Gasteiger partial charge < -0.3 is 19.5 Å². The van der Waals surface area contributed by atoms with E-state index in [-0.39, 0.29) is 19.3 Å². The molecule has 1 N–H and O–H groups in total. The Morgan fingerprint density at radius 2 is 1.93 bits per heavy atom. The van der Waals surface area contributed by atoms with Gasteiger partial charge >= 0.3 is 0 Å². The lowest BCUT2D eigenvalue weighted by Gasteiger charge is -2.08. The Kier molecular flexibility index (Phi) is 4.90. The Labute approximate surface area is 176 Å². The van der Waals surface area contributed by atoms with Crippen LogP contribution in [-0.4, -0.2) is 29.3 Å². The number of benzene rings is 2. The average molecular weight is 419 g/mol. The molecule has 0 radical (unpaired) electrons. The highest BCUT2D eigenvalue weighted by atomic mass is 32.1. The van der Waals surface area contributed by atoms with Crippen LogP contribution >= 0.6 is 11.3 Å². The summed E-state index contributed by atoms with van der Waals surface area (Å²) in [5.74, 6) is 1.56. The van der Waals surface area contributed by atoms with E-state index in [9.17, 15) is 4.79 Å². The van der Waals surface area contributed by atoms with Crippen molar-refractivity contribution in [1.82, 2.24) is 15.3 Å². The molecule has 0 saturated carbocycles. The molecule has 7 nitrogen and oxygen atoms in total. The van der Waals surface area contributed by atoms with Crippen molar-refractivity contribution in [1.29, 1.82) is 0 Å². The van der Waals surface area contributed by atoms with Crippen LogP contribution in [0.3, 0.4) is 0 Å². The van der Waals surface area contributed by atoms with E-state index in [1.807, 2.05) is 54.6 Å². The molecule has 1 aliphatic rings. The van der Waals surface area contributed by atoms with E-state index >= 15 is 0 Å². The summed E-state index contributed by atoms with van der Waals surface area (Å²) >= 11 is 1.56. The highest BCUT2D eigenvalue weighted by molar-refractivity contribution is 7.21. The third-order valence-corrected chi connectivity index (χ3v) is 5.71. The van der Waals surface area contributed by atoms with Gasteiger partial charge in [-0.25, -0.2) is 9.97 Å². The maximum atomic E-state index is 12.3. The smallest absolute Gasteiger partial charge is 0.258 e. The van der Waals surface area contributed by atoms with Crippen LogP contribution < -0.4 is 19.5 Å². The first kappa shape index (κ1) is 18.4. The molecule has 0 spiro atoms. The van der Waals surface area contributed by atoms with Gasteiger partial charge in [0.2, 0.25) is 12.7 Å². The van der Waals surface area contributed by atoms with Gasteiger partial charge in [-0.15, -0.1) is 11.3 Å². The molecule has 0 saturated heterocycles. The lowest BCUT2D eigenvalue weighted by Crippen LogP contribution is -2.28. The fraction of sp³-hybridized carbons (Fsp3) is 0.136. The molecule has 1 aliphatic heterocycles. The van der Waals surface area contributed by atoms with Crippen LogP contribution in [0.25, 0.3) is 20.7 Å². The highest BCUT2D eigenvalue weighted by Gasteiger charge is 2.15. The van der Waals surface area contributed by atoms with E-state index in [0.717, 1.165) is 26.2 Å². The van der Waals surface area contributed by atoms with Crippen molar-refractivity contribution in [3.8, 4) is 27.8 Å². The topological polar surface area (TPSA) is 82.6 Å². The molecule has 4 aromatic rings. The lowest BCUT2D eigenvalue weighted by molar-refractivity contribution is -0.123. The minimum Gasteiger partial charge on any atom is -0.467 e. The third-order valence-electron chi connectivity index (χ3n) is 4.62. The van der Waals surface area contributed by atoms with Gasteiger partial charge in [0.05, 0.1) is 5.39 Å². The van der Waals surface area contributed by atoms with Crippen molar-refractivity contribution in [2.24, 2.45) is 0 Å². The molecule has 0 bridgehead atoms. The SMILES string of the molecule is O=C(COc1ncnc2sc(-c3ccccc3)cc12)NCc1ccc2c(c1)OCO2. The van der Waals surface area contributed by atoms with Gasteiger partial charge in [0.15, 0.2) is 18.1 Å². The predicted octanol–water partition coefficient (Wildman–Crippen LogP) is 3.78. The van der Waals surface area contributed by atoms with Crippen molar-refractivity contribution >= 4 is 27.5 Å². The summed E-state index contributed by atoms with van der Waals surface area (Å²) in [7, 11) is 0. The first-order chi connectivity index (χ1) is 14.8. The number of fused-ring (bicyclic) bond motifs is 2. The molecule has 30 heavy (non-hydrogen) atoms. The van der Waals surface area contributed by atoms with Crippen molar-refractivity contribution < 1.29 is 19.0 Å². The van der Waals surface area contributed by atoms with Gasteiger partial charge in [-0.1, -0.05) is 36.4 Å². The number of carbonyl (C=O) groups is 1. The van der Waals surface area contributed by atoms with Crippen molar-refractivity contribution in [3.05, 3.63) is 66.5 Å². The third kappa shape index (κ3) is 3.77. The zero-order valence-electron chi connectivity index (χ0n) is 15.8. The molecule has 150 valence electrons. The molecule has 1 amide bonds. The quantitative estimate of drug-likeness (QED) is 0.512. The normalized spacial score (nSPS) is 12.1. The zero-order valence-corrected chi connectivity index (χ0v) is 16.6. The second kappa shape index (κ2) is 8.00. The zero-order chi connectivity index (χ0) is 20.3. The van der Waals surface area contributed by atoms with Crippen molar-refractivity contribution in [2.45, 2.75) is 6.54 Å². The summed E-state index contributed by atoms with van der Waals surface area (Å²) in [6, 6.07) is 17.6. The van der Waals surface area contributed by atoms with Gasteiger partial charge in [0.1, 0.15) is 11.2 Å². The number of ether oxygens (including phenoxy) is 3. The van der Waals surface area contributed by atoms with Crippen LogP contribution in [0.1, 0.15) is 5.56 Å². The summed E-state index contributed by atoms with van der Waals surface area (Å²) in [5, 5.41) is 3.63. The fourth-order valence-corrected chi connectivity index (χ4v) is 4.13. The second-order valence-corrected chi connectivity index (χ2v) is 7.66. The number of aromatic nitrogens is 2. The van der Waals surface area contributed by atoms with E-state index in [4.69, 9.17) is 14.2 Å². The first-order valence-electron chi connectivity index (χ1n) is 9.34. The largest absolute Gasteiger partial charge is 0.467 e. The van der Waals surface area contributed by atoms with Gasteiger partial charge in [-0.2, -0.15) is 0 Å². The van der Waals surface area contributed by atoms with Crippen LogP contribution in [-0.2, 0) is 11.3 Å².